The van der Waals surface area contributed by atoms with E-state index < -0.39 is 17.7 Å². The minimum absolute atomic E-state index is 0.0341. The van der Waals surface area contributed by atoms with Crippen LogP contribution in [-0.4, -0.2) is 20.7 Å². The molecule has 0 unspecified atom stereocenters. The molecule has 2 aromatic rings. The molecule has 3 fully saturated rings. The first kappa shape index (κ1) is 17.6. The lowest BCUT2D eigenvalue weighted by molar-refractivity contribution is -0.200. The van der Waals surface area contributed by atoms with Crippen LogP contribution in [0, 0.1) is 16.6 Å². The lowest BCUT2D eigenvalue weighted by Gasteiger charge is -2.68. The number of amides is 1. The van der Waals surface area contributed by atoms with Gasteiger partial charge < -0.3 is 5.32 Å². The molecule has 3 aliphatic carbocycles. The van der Waals surface area contributed by atoms with Crippen LogP contribution in [0.4, 0.5) is 17.6 Å². The summed E-state index contributed by atoms with van der Waals surface area (Å²) < 4.78 is 54.5. The molecule has 0 saturated heterocycles. The molecule has 1 amide bonds. The molecule has 3 saturated carbocycles. The maximum atomic E-state index is 14.1. The van der Waals surface area contributed by atoms with Crippen LogP contribution in [0.1, 0.15) is 50.0 Å². The number of halogens is 4. The molecule has 2 aromatic heterocycles. The standard InChI is InChI=1S/C19H18F4N4O/c1-17-7-18(8-17,9-17)16(28)25-12-2-3-27-14(12)5-13(26-27)10-4-15(19(21,22)23)24-6-11(10)20/h4-6,12H,2-3,7-9H2,1H3,(H,25,28)/t12-,17?,18?/m0/s1. The normalized spacial score (nSPS) is 30.4. The lowest BCUT2D eigenvalue weighted by Crippen LogP contribution is -2.66. The number of nitrogens with one attached hydrogen (secondary N) is 1. The van der Waals surface area contributed by atoms with Gasteiger partial charge in [-0.15, -0.1) is 0 Å². The number of alkyl halides is 3. The number of carbonyl (C=O) groups is 1. The highest BCUT2D eigenvalue weighted by molar-refractivity contribution is 5.86. The van der Waals surface area contributed by atoms with Gasteiger partial charge in [0.15, 0.2) is 5.82 Å². The summed E-state index contributed by atoms with van der Waals surface area (Å²) in [7, 11) is 0. The predicted octanol–water partition coefficient (Wildman–Crippen LogP) is 3.85. The van der Waals surface area contributed by atoms with E-state index in [1.54, 1.807) is 10.7 Å². The maximum absolute atomic E-state index is 14.1. The van der Waals surface area contributed by atoms with Gasteiger partial charge in [0, 0.05) is 12.1 Å². The molecule has 1 aliphatic heterocycles. The second-order valence-electron chi connectivity index (χ2n) is 8.66. The van der Waals surface area contributed by atoms with Gasteiger partial charge in [-0.3, -0.25) is 9.48 Å². The average Bonchev–Trinajstić information content (AvgIpc) is 3.12. The Hall–Kier alpha value is -2.45. The molecule has 0 spiro atoms. The fraction of sp³-hybridized carbons (Fsp3) is 0.526. The van der Waals surface area contributed by atoms with Gasteiger partial charge in [-0.2, -0.15) is 18.3 Å². The third-order valence-electron chi connectivity index (χ3n) is 6.30. The third kappa shape index (κ3) is 2.48. The van der Waals surface area contributed by atoms with E-state index in [1.807, 2.05) is 0 Å². The zero-order valence-corrected chi connectivity index (χ0v) is 15.1. The molecule has 1 atom stereocenters. The molecule has 4 aliphatic rings. The summed E-state index contributed by atoms with van der Waals surface area (Å²) in [5.74, 6) is -0.834. The summed E-state index contributed by atoms with van der Waals surface area (Å²) in [6.45, 7) is 2.70. The highest BCUT2D eigenvalue weighted by Crippen LogP contribution is 2.73. The Kier molecular flexibility index (Phi) is 3.36. The number of fused-ring (bicyclic) bond motifs is 1. The van der Waals surface area contributed by atoms with Gasteiger partial charge in [0.2, 0.25) is 5.91 Å². The first-order valence-corrected chi connectivity index (χ1v) is 9.21. The first-order chi connectivity index (χ1) is 13.1. The summed E-state index contributed by atoms with van der Waals surface area (Å²) in [5.41, 5.74) is -0.551. The van der Waals surface area contributed by atoms with E-state index in [2.05, 4.69) is 22.3 Å². The van der Waals surface area contributed by atoms with Gasteiger partial charge in [-0.25, -0.2) is 9.37 Å². The van der Waals surface area contributed by atoms with Crippen molar-refractivity contribution in [3.05, 3.63) is 35.5 Å². The Morgan fingerprint density at radius 2 is 2.00 bits per heavy atom. The Morgan fingerprint density at radius 1 is 1.29 bits per heavy atom. The number of aryl methyl sites for hydroxylation is 1. The molecule has 0 radical (unpaired) electrons. The van der Waals surface area contributed by atoms with Gasteiger partial charge in [0.1, 0.15) is 5.69 Å². The van der Waals surface area contributed by atoms with Crippen LogP contribution in [-0.2, 0) is 17.5 Å². The molecule has 0 aromatic carbocycles. The van der Waals surface area contributed by atoms with E-state index >= 15 is 0 Å². The Labute approximate surface area is 158 Å². The Morgan fingerprint density at radius 3 is 2.64 bits per heavy atom. The molecular formula is C19H18F4N4O. The van der Waals surface area contributed by atoms with Gasteiger partial charge in [-0.1, -0.05) is 6.92 Å². The number of hydrogen-bond donors (Lipinski definition) is 1. The number of carbonyl (C=O) groups excluding carboxylic acids is 1. The monoisotopic (exact) mass is 394 g/mol. The number of aromatic nitrogens is 3. The fourth-order valence-corrected chi connectivity index (χ4v) is 5.21. The zero-order valence-electron chi connectivity index (χ0n) is 15.1. The van der Waals surface area contributed by atoms with Crippen molar-refractivity contribution in [3.8, 4) is 11.3 Å². The topological polar surface area (TPSA) is 59.8 Å². The summed E-state index contributed by atoms with van der Waals surface area (Å²) >= 11 is 0. The summed E-state index contributed by atoms with van der Waals surface area (Å²) in [6.07, 6.45) is -0.719. The minimum atomic E-state index is -4.67. The van der Waals surface area contributed by atoms with E-state index in [1.165, 1.54) is 0 Å². The van der Waals surface area contributed by atoms with Crippen LogP contribution in [0.25, 0.3) is 11.3 Å². The molecule has 28 heavy (non-hydrogen) atoms. The smallest absolute Gasteiger partial charge is 0.347 e. The molecule has 1 N–H and O–H groups in total. The molecule has 5 nitrogen and oxygen atoms in total. The van der Waals surface area contributed by atoms with E-state index in [9.17, 15) is 22.4 Å². The largest absolute Gasteiger partial charge is 0.433 e. The third-order valence-corrected chi connectivity index (χ3v) is 6.30. The van der Waals surface area contributed by atoms with E-state index in [4.69, 9.17) is 0 Å². The van der Waals surface area contributed by atoms with Gasteiger partial charge in [0.05, 0.1) is 29.0 Å². The van der Waals surface area contributed by atoms with Crippen molar-refractivity contribution in [1.29, 1.82) is 0 Å². The molecule has 6 rings (SSSR count). The SMILES string of the molecule is CC12CC(C(=O)N[C@H]3CCn4nc(-c5cc(C(F)(F)F)ncc5F)cc43)(C1)C2. The quantitative estimate of drug-likeness (QED) is 0.805. The summed E-state index contributed by atoms with van der Waals surface area (Å²) in [6, 6.07) is 1.96. The highest BCUT2D eigenvalue weighted by atomic mass is 19.4. The van der Waals surface area contributed by atoms with Gasteiger partial charge in [-0.05, 0) is 43.2 Å². The van der Waals surface area contributed by atoms with E-state index in [0.29, 0.717) is 36.3 Å². The second kappa shape index (κ2) is 5.33. The number of hydrogen-bond acceptors (Lipinski definition) is 3. The van der Waals surface area contributed by atoms with Crippen LogP contribution >= 0.6 is 0 Å². The molecular weight excluding hydrogens is 376 g/mol. The van der Waals surface area contributed by atoms with Crippen molar-refractivity contribution in [2.24, 2.45) is 10.8 Å². The van der Waals surface area contributed by atoms with Gasteiger partial charge >= 0.3 is 6.18 Å². The number of rotatable bonds is 3. The molecule has 2 bridgehead atoms. The zero-order chi connectivity index (χ0) is 19.9. The Bertz CT molecular complexity index is 977. The van der Waals surface area contributed by atoms with Crippen molar-refractivity contribution >= 4 is 5.91 Å². The average molecular weight is 394 g/mol. The van der Waals surface area contributed by atoms with Crippen LogP contribution < -0.4 is 5.32 Å². The highest BCUT2D eigenvalue weighted by Gasteiger charge is 2.68. The van der Waals surface area contributed by atoms with Crippen LogP contribution in [0.15, 0.2) is 18.3 Å². The number of pyridine rings is 1. The van der Waals surface area contributed by atoms with Crippen molar-refractivity contribution in [2.45, 2.75) is 51.4 Å². The van der Waals surface area contributed by atoms with Crippen LogP contribution in [0.2, 0.25) is 0 Å². The second-order valence-corrected chi connectivity index (χ2v) is 8.66. The molecule has 3 heterocycles. The first-order valence-electron chi connectivity index (χ1n) is 9.21. The molecule has 148 valence electrons. The Balaban J connectivity index is 1.39. The van der Waals surface area contributed by atoms with E-state index in [0.717, 1.165) is 19.3 Å². The maximum Gasteiger partial charge on any atom is 0.433 e. The minimum Gasteiger partial charge on any atom is -0.347 e. The lowest BCUT2D eigenvalue weighted by atomic mass is 9.35. The van der Waals surface area contributed by atoms with Crippen molar-refractivity contribution < 1.29 is 22.4 Å². The molecule has 9 heteroatoms. The van der Waals surface area contributed by atoms with Crippen molar-refractivity contribution in [3.63, 3.8) is 0 Å². The fourth-order valence-electron chi connectivity index (χ4n) is 5.21. The number of nitrogens with zero attached hydrogens (tertiary/aromatic N) is 3. The van der Waals surface area contributed by atoms with Crippen LogP contribution in [0.5, 0.6) is 0 Å². The summed E-state index contributed by atoms with van der Waals surface area (Å²) in [5, 5.41) is 7.31. The van der Waals surface area contributed by atoms with Gasteiger partial charge in [0.25, 0.3) is 0 Å². The predicted molar refractivity (Wildman–Crippen MR) is 90.3 cm³/mol. The van der Waals surface area contributed by atoms with E-state index in [-0.39, 0.29) is 28.6 Å². The van der Waals surface area contributed by atoms with Crippen LogP contribution in [0.3, 0.4) is 0 Å². The summed E-state index contributed by atoms with van der Waals surface area (Å²) in [4.78, 5) is 15.8. The van der Waals surface area contributed by atoms with Crippen molar-refractivity contribution in [1.82, 2.24) is 20.1 Å². The van der Waals surface area contributed by atoms with Crippen molar-refractivity contribution in [2.75, 3.05) is 0 Å².